The molecule has 22 heavy (non-hydrogen) atoms. The van der Waals surface area contributed by atoms with Crippen molar-refractivity contribution >= 4 is 18.3 Å². The number of nitrogens with one attached hydrogen (secondary N) is 2. The molecule has 1 aromatic rings. The zero-order valence-electron chi connectivity index (χ0n) is 12.3. The van der Waals surface area contributed by atoms with E-state index in [1.54, 1.807) is 0 Å². The number of halogens is 1. The van der Waals surface area contributed by atoms with E-state index in [1.807, 2.05) is 18.2 Å². The second kappa shape index (κ2) is 8.22. The highest BCUT2D eigenvalue weighted by Crippen LogP contribution is 2.30. The topological polar surface area (TPSA) is 68.8 Å². The van der Waals surface area contributed by atoms with Gasteiger partial charge in [-0.3, -0.25) is 4.79 Å². The number of amides is 1. The summed E-state index contributed by atoms with van der Waals surface area (Å²) in [5.41, 5.74) is 1.12. The number of carbonyl (C=O) groups excluding carboxylic acids is 1. The molecule has 2 N–H and O–H groups in total. The van der Waals surface area contributed by atoms with E-state index in [0.29, 0.717) is 33.0 Å². The van der Waals surface area contributed by atoms with Crippen molar-refractivity contribution < 1.29 is 19.0 Å². The van der Waals surface area contributed by atoms with Crippen LogP contribution in [0.3, 0.4) is 0 Å². The van der Waals surface area contributed by atoms with E-state index in [0.717, 1.165) is 30.0 Å². The Labute approximate surface area is 135 Å². The normalized spacial score (nSPS) is 19.9. The van der Waals surface area contributed by atoms with Crippen molar-refractivity contribution in [1.29, 1.82) is 0 Å². The van der Waals surface area contributed by atoms with Crippen molar-refractivity contribution in [3.8, 4) is 11.5 Å². The maximum absolute atomic E-state index is 11.9. The van der Waals surface area contributed by atoms with Crippen molar-refractivity contribution in [2.45, 2.75) is 12.5 Å². The first-order valence-electron chi connectivity index (χ1n) is 7.30. The zero-order valence-corrected chi connectivity index (χ0v) is 13.1. The lowest BCUT2D eigenvalue weighted by Gasteiger charge is -2.23. The highest BCUT2D eigenvalue weighted by atomic mass is 35.5. The summed E-state index contributed by atoms with van der Waals surface area (Å²) < 4.78 is 16.3. The van der Waals surface area contributed by atoms with Crippen LogP contribution in [0.1, 0.15) is 5.56 Å². The molecule has 2 heterocycles. The number of hydrogen-bond acceptors (Lipinski definition) is 5. The van der Waals surface area contributed by atoms with Crippen LogP contribution in [0, 0.1) is 0 Å². The second-order valence-electron chi connectivity index (χ2n) is 5.10. The van der Waals surface area contributed by atoms with E-state index < -0.39 is 0 Å². The molecule has 0 saturated carbocycles. The summed E-state index contributed by atoms with van der Waals surface area (Å²) in [6, 6.07) is 5.66. The summed E-state index contributed by atoms with van der Waals surface area (Å²) in [5, 5.41) is 6.06. The van der Waals surface area contributed by atoms with Crippen LogP contribution in [0.2, 0.25) is 0 Å². The number of benzene rings is 1. The Hall–Kier alpha value is -1.50. The molecule has 1 atom stereocenters. The van der Waals surface area contributed by atoms with E-state index in [4.69, 9.17) is 14.2 Å². The Morgan fingerprint density at radius 1 is 1.23 bits per heavy atom. The van der Waals surface area contributed by atoms with Gasteiger partial charge in [0.05, 0.1) is 13.2 Å². The quantitative estimate of drug-likeness (QED) is 0.843. The lowest BCUT2D eigenvalue weighted by molar-refractivity contribution is -0.125. The summed E-state index contributed by atoms with van der Waals surface area (Å²) in [6.07, 6.45) is 0.760. The smallest absolute Gasteiger partial charge is 0.239 e. The molecule has 6 nitrogen and oxygen atoms in total. The first kappa shape index (κ1) is 16.9. The van der Waals surface area contributed by atoms with Crippen molar-refractivity contribution in [3.63, 3.8) is 0 Å². The van der Waals surface area contributed by atoms with Gasteiger partial charge in [-0.1, -0.05) is 6.07 Å². The Morgan fingerprint density at radius 3 is 2.82 bits per heavy atom. The Bertz CT molecular complexity index is 506. The molecule has 2 aliphatic rings. The first-order valence-corrected chi connectivity index (χ1v) is 7.30. The van der Waals surface area contributed by atoms with Gasteiger partial charge in [0, 0.05) is 13.1 Å². The molecule has 1 fully saturated rings. The number of rotatable bonds is 4. The van der Waals surface area contributed by atoms with Gasteiger partial charge in [0.25, 0.3) is 0 Å². The van der Waals surface area contributed by atoms with Crippen molar-refractivity contribution in [3.05, 3.63) is 23.8 Å². The first-order chi connectivity index (χ1) is 10.3. The van der Waals surface area contributed by atoms with Gasteiger partial charge in [0.1, 0.15) is 19.3 Å². The van der Waals surface area contributed by atoms with Gasteiger partial charge in [0.2, 0.25) is 5.91 Å². The van der Waals surface area contributed by atoms with Crippen LogP contribution in [-0.4, -0.2) is 51.5 Å². The second-order valence-corrected chi connectivity index (χ2v) is 5.10. The zero-order chi connectivity index (χ0) is 14.5. The minimum Gasteiger partial charge on any atom is -0.486 e. The van der Waals surface area contributed by atoms with E-state index in [1.165, 1.54) is 0 Å². The number of hydrogen-bond donors (Lipinski definition) is 2. The van der Waals surface area contributed by atoms with Crippen LogP contribution in [0.15, 0.2) is 18.2 Å². The van der Waals surface area contributed by atoms with Gasteiger partial charge in [-0.15, -0.1) is 12.4 Å². The third-order valence-electron chi connectivity index (χ3n) is 3.56. The number of morpholine rings is 1. The minimum atomic E-state index is -0.237. The van der Waals surface area contributed by atoms with Crippen molar-refractivity contribution in [2.24, 2.45) is 0 Å². The molecule has 0 aromatic heterocycles. The van der Waals surface area contributed by atoms with Gasteiger partial charge in [-0.25, -0.2) is 0 Å². The van der Waals surface area contributed by atoms with Crippen LogP contribution in [0.5, 0.6) is 11.5 Å². The molecule has 1 unspecified atom stereocenters. The fourth-order valence-corrected chi connectivity index (χ4v) is 2.43. The fraction of sp³-hybridized carbons (Fsp3) is 0.533. The average molecular weight is 329 g/mol. The third-order valence-corrected chi connectivity index (χ3v) is 3.56. The molecule has 1 saturated heterocycles. The predicted octanol–water partition coefficient (Wildman–Crippen LogP) is 0.527. The molecule has 1 amide bonds. The molecular formula is C15H21ClN2O4. The highest BCUT2D eigenvalue weighted by Gasteiger charge is 2.20. The highest BCUT2D eigenvalue weighted by molar-refractivity contribution is 5.85. The van der Waals surface area contributed by atoms with Crippen LogP contribution < -0.4 is 20.1 Å². The van der Waals surface area contributed by atoms with Crippen LogP contribution in [0.4, 0.5) is 0 Å². The monoisotopic (exact) mass is 328 g/mol. The van der Waals surface area contributed by atoms with Gasteiger partial charge in [-0.05, 0) is 24.1 Å². The van der Waals surface area contributed by atoms with E-state index in [-0.39, 0.29) is 24.4 Å². The molecular weight excluding hydrogens is 308 g/mol. The average Bonchev–Trinajstić information content (AvgIpc) is 2.55. The Balaban J connectivity index is 0.00000176. The van der Waals surface area contributed by atoms with E-state index in [9.17, 15) is 4.79 Å². The summed E-state index contributed by atoms with van der Waals surface area (Å²) in [5.74, 6) is 1.57. The molecule has 0 aliphatic carbocycles. The summed E-state index contributed by atoms with van der Waals surface area (Å²) in [4.78, 5) is 11.9. The molecule has 0 bridgehead atoms. The Morgan fingerprint density at radius 2 is 2.05 bits per heavy atom. The molecule has 1 aromatic carbocycles. The molecule has 2 aliphatic heterocycles. The van der Waals surface area contributed by atoms with Gasteiger partial charge >= 0.3 is 0 Å². The van der Waals surface area contributed by atoms with Crippen LogP contribution >= 0.6 is 12.4 Å². The predicted molar refractivity (Wildman–Crippen MR) is 84.0 cm³/mol. The number of ether oxygens (including phenoxy) is 3. The number of carbonyl (C=O) groups is 1. The summed E-state index contributed by atoms with van der Waals surface area (Å²) >= 11 is 0. The van der Waals surface area contributed by atoms with Gasteiger partial charge in [0.15, 0.2) is 11.5 Å². The molecule has 7 heteroatoms. The SMILES string of the molecule is Cl.O=C(NCCc1ccc2c(c1)OCCO2)C1COCCN1. The van der Waals surface area contributed by atoms with Crippen LogP contribution in [0.25, 0.3) is 0 Å². The molecule has 0 radical (unpaired) electrons. The third kappa shape index (κ3) is 4.25. The van der Waals surface area contributed by atoms with E-state index in [2.05, 4.69) is 10.6 Å². The lowest BCUT2D eigenvalue weighted by Crippen LogP contribution is -2.51. The van der Waals surface area contributed by atoms with Crippen LogP contribution in [-0.2, 0) is 16.0 Å². The molecule has 0 spiro atoms. The largest absolute Gasteiger partial charge is 0.486 e. The standard InChI is InChI=1S/C15H20N2O4.ClH/c18-15(12-10-19-6-5-16-12)17-4-3-11-1-2-13-14(9-11)21-8-7-20-13;/h1-2,9,12,16H,3-8,10H2,(H,17,18);1H. The maximum atomic E-state index is 11.9. The van der Waals surface area contributed by atoms with Gasteiger partial charge < -0.3 is 24.8 Å². The van der Waals surface area contributed by atoms with E-state index >= 15 is 0 Å². The van der Waals surface area contributed by atoms with Crippen molar-refractivity contribution in [2.75, 3.05) is 39.5 Å². The van der Waals surface area contributed by atoms with Crippen molar-refractivity contribution in [1.82, 2.24) is 10.6 Å². The molecule has 3 rings (SSSR count). The minimum absolute atomic E-state index is 0. The molecule has 122 valence electrons. The summed E-state index contributed by atoms with van der Waals surface area (Å²) in [7, 11) is 0. The Kier molecular flexibility index (Phi) is 6.30. The van der Waals surface area contributed by atoms with Gasteiger partial charge in [-0.2, -0.15) is 0 Å². The fourth-order valence-electron chi connectivity index (χ4n) is 2.43. The maximum Gasteiger partial charge on any atom is 0.239 e. The lowest BCUT2D eigenvalue weighted by atomic mass is 10.1. The number of fused-ring (bicyclic) bond motifs is 1. The summed E-state index contributed by atoms with van der Waals surface area (Å²) in [6.45, 7) is 3.60.